The standard InChI is InChI=1S/C20H23FN2O2/c1-20(2,3)16-8-4-14(5-9-16)18(24)22-12-13-23-19(25)15-6-10-17(21)11-7-15/h4-11H,12-13H2,1-3H3,(H,22,24)(H,23,25). The second kappa shape index (κ2) is 7.92. The first kappa shape index (κ1) is 18.6. The van der Waals surface area contributed by atoms with Gasteiger partial charge in [-0.25, -0.2) is 4.39 Å². The molecule has 0 aromatic heterocycles. The van der Waals surface area contributed by atoms with Crippen LogP contribution in [0.15, 0.2) is 48.5 Å². The van der Waals surface area contributed by atoms with Gasteiger partial charge in [-0.1, -0.05) is 32.9 Å². The summed E-state index contributed by atoms with van der Waals surface area (Å²) in [5.74, 6) is -0.874. The van der Waals surface area contributed by atoms with E-state index in [9.17, 15) is 14.0 Å². The first-order chi connectivity index (χ1) is 11.8. The van der Waals surface area contributed by atoms with E-state index in [0.29, 0.717) is 24.2 Å². The molecule has 0 bridgehead atoms. The fourth-order valence-corrected chi connectivity index (χ4v) is 2.28. The fraction of sp³-hybridized carbons (Fsp3) is 0.300. The predicted octanol–water partition coefficient (Wildman–Crippen LogP) is 3.28. The number of nitrogens with one attached hydrogen (secondary N) is 2. The number of carbonyl (C=O) groups excluding carboxylic acids is 2. The first-order valence-corrected chi connectivity index (χ1v) is 8.20. The molecule has 0 aliphatic rings. The molecule has 0 aliphatic heterocycles. The van der Waals surface area contributed by atoms with E-state index in [4.69, 9.17) is 0 Å². The lowest BCUT2D eigenvalue weighted by molar-refractivity contribution is 0.0927. The number of hydrogen-bond donors (Lipinski definition) is 2. The Balaban J connectivity index is 1.78. The third-order valence-corrected chi connectivity index (χ3v) is 3.82. The number of carbonyl (C=O) groups is 2. The minimum Gasteiger partial charge on any atom is -0.350 e. The molecule has 2 aromatic carbocycles. The van der Waals surface area contributed by atoms with Crippen molar-refractivity contribution in [2.24, 2.45) is 0 Å². The maximum absolute atomic E-state index is 12.8. The molecule has 2 rings (SSSR count). The lowest BCUT2D eigenvalue weighted by Gasteiger charge is -2.19. The topological polar surface area (TPSA) is 58.2 Å². The smallest absolute Gasteiger partial charge is 0.251 e. The quantitative estimate of drug-likeness (QED) is 0.819. The first-order valence-electron chi connectivity index (χ1n) is 8.20. The molecule has 0 aliphatic carbocycles. The molecule has 2 amide bonds. The zero-order valence-electron chi connectivity index (χ0n) is 14.7. The van der Waals surface area contributed by atoms with Crippen molar-refractivity contribution in [2.75, 3.05) is 13.1 Å². The average Bonchev–Trinajstić information content (AvgIpc) is 2.58. The normalized spacial score (nSPS) is 11.0. The minimum absolute atomic E-state index is 0.0413. The van der Waals surface area contributed by atoms with E-state index in [-0.39, 0.29) is 23.0 Å². The second-order valence-electron chi connectivity index (χ2n) is 6.85. The molecule has 2 N–H and O–H groups in total. The van der Waals surface area contributed by atoms with Crippen LogP contribution in [0, 0.1) is 5.82 Å². The summed E-state index contributed by atoms with van der Waals surface area (Å²) in [6.45, 7) is 6.96. The predicted molar refractivity (Wildman–Crippen MR) is 96.2 cm³/mol. The van der Waals surface area contributed by atoms with Crippen molar-refractivity contribution in [2.45, 2.75) is 26.2 Å². The van der Waals surface area contributed by atoms with Gasteiger partial charge in [-0.05, 0) is 47.4 Å². The maximum Gasteiger partial charge on any atom is 0.251 e. The van der Waals surface area contributed by atoms with E-state index >= 15 is 0 Å². The lowest BCUT2D eigenvalue weighted by Crippen LogP contribution is -2.34. The number of halogens is 1. The number of benzene rings is 2. The molecule has 25 heavy (non-hydrogen) atoms. The summed E-state index contributed by atoms with van der Waals surface area (Å²) in [7, 11) is 0. The molecule has 5 heteroatoms. The van der Waals surface area contributed by atoms with Gasteiger partial charge in [-0.15, -0.1) is 0 Å². The zero-order valence-corrected chi connectivity index (χ0v) is 14.7. The molecule has 0 saturated heterocycles. The summed E-state index contributed by atoms with van der Waals surface area (Å²) in [6, 6.07) is 12.8. The summed E-state index contributed by atoms with van der Waals surface area (Å²) in [6.07, 6.45) is 0. The molecule has 132 valence electrons. The molecule has 0 unspecified atom stereocenters. The molecule has 0 saturated carbocycles. The van der Waals surface area contributed by atoms with Crippen molar-refractivity contribution in [1.29, 1.82) is 0 Å². The van der Waals surface area contributed by atoms with Gasteiger partial charge in [0, 0.05) is 24.2 Å². The van der Waals surface area contributed by atoms with Gasteiger partial charge in [0.1, 0.15) is 5.82 Å². The Bertz CT molecular complexity index is 732. The Labute approximate surface area is 147 Å². The van der Waals surface area contributed by atoms with E-state index in [1.54, 1.807) is 12.1 Å². The number of rotatable bonds is 5. The molecular formula is C20H23FN2O2. The number of amides is 2. The zero-order chi connectivity index (χ0) is 18.4. The monoisotopic (exact) mass is 342 g/mol. The maximum atomic E-state index is 12.8. The van der Waals surface area contributed by atoms with Crippen molar-refractivity contribution >= 4 is 11.8 Å². The molecule has 0 fully saturated rings. The Kier molecular flexibility index (Phi) is 5.91. The van der Waals surface area contributed by atoms with Crippen LogP contribution >= 0.6 is 0 Å². The lowest BCUT2D eigenvalue weighted by atomic mass is 9.87. The van der Waals surface area contributed by atoms with Gasteiger partial charge in [0.15, 0.2) is 0 Å². The van der Waals surface area contributed by atoms with Crippen LogP contribution in [0.2, 0.25) is 0 Å². The third kappa shape index (κ3) is 5.41. The Morgan fingerprint density at radius 2 is 1.20 bits per heavy atom. The van der Waals surface area contributed by atoms with Crippen molar-refractivity contribution < 1.29 is 14.0 Å². The van der Waals surface area contributed by atoms with Gasteiger partial charge in [0.25, 0.3) is 11.8 Å². The van der Waals surface area contributed by atoms with Gasteiger partial charge in [-0.2, -0.15) is 0 Å². The Morgan fingerprint density at radius 3 is 1.60 bits per heavy atom. The molecule has 0 heterocycles. The van der Waals surface area contributed by atoms with E-state index in [1.807, 2.05) is 12.1 Å². The Morgan fingerprint density at radius 1 is 0.800 bits per heavy atom. The summed E-state index contributed by atoms with van der Waals surface area (Å²) >= 11 is 0. The van der Waals surface area contributed by atoms with E-state index in [2.05, 4.69) is 31.4 Å². The van der Waals surface area contributed by atoms with Gasteiger partial charge in [0.2, 0.25) is 0 Å². The van der Waals surface area contributed by atoms with Gasteiger partial charge in [0.05, 0.1) is 0 Å². The fourth-order valence-electron chi connectivity index (χ4n) is 2.28. The van der Waals surface area contributed by atoms with Crippen LogP contribution in [0.25, 0.3) is 0 Å². The second-order valence-corrected chi connectivity index (χ2v) is 6.85. The molecule has 0 radical (unpaired) electrons. The van der Waals surface area contributed by atoms with Gasteiger partial charge in [-0.3, -0.25) is 9.59 Å². The summed E-state index contributed by atoms with van der Waals surface area (Å²) in [4.78, 5) is 23.9. The van der Waals surface area contributed by atoms with Crippen LogP contribution in [-0.4, -0.2) is 24.9 Å². The van der Waals surface area contributed by atoms with Gasteiger partial charge < -0.3 is 10.6 Å². The van der Waals surface area contributed by atoms with Crippen LogP contribution < -0.4 is 10.6 Å². The van der Waals surface area contributed by atoms with Crippen molar-refractivity contribution in [3.8, 4) is 0 Å². The molecule has 0 spiro atoms. The third-order valence-electron chi connectivity index (χ3n) is 3.82. The van der Waals surface area contributed by atoms with E-state index in [1.165, 1.54) is 24.3 Å². The summed E-state index contributed by atoms with van der Waals surface area (Å²) < 4.78 is 12.8. The highest BCUT2D eigenvalue weighted by molar-refractivity contribution is 5.95. The van der Waals surface area contributed by atoms with E-state index in [0.717, 1.165) is 5.56 Å². The minimum atomic E-state index is -0.388. The molecule has 4 nitrogen and oxygen atoms in total. The van der Waals surface area contributed by atoms with E-state index < -0.39 is 0 Å². The Hall–Kier alpha value is -2.69. The number of hydrogen-bond acceptors (Lipinski definition) is 2. The van der Waals surface area contributed by atoms with Crippen molar-refractivity contribution in [3.05, 3.63) is 71.0 Å². The van der Waals surface area contributed by atoms with Crippen LogP contribution in [0.3, 0.4) is 0 Å². The SMILES string of the molecule is CC(C)(C)c1ccc(C(=O)NCCNC(=O)c2ccc(F)cc2)cc1. The average molecular weight is 342 g/mol. The molecule has 0 atom stereocenters. The van der Waals surface area contributed by atoms with Crippen molar-refractivity contribution in [3.63, 3.8) is 0 Å². The highest BCUT2D eigenvalue weighted by atomic mass is 19.1. The molecule has 2 aromatic rings. The highest BCUT2D eigenvalue weighted by Gasteiger charge is 2.14. The largest absolute Gasteiger partial charge is 0.350 e. The summed E-state index contributed by atoms with van der Waals surface area (Å²) in [5, 5.41) is 5.44. The highest BCUT2D eigenvalue weighted by Crippen LogP contribution is 2.22. The van der Waals surface area contributed by atoms with Gasteiger partial charge >= 0.3 is 0 Å². The summed E-state index contributed by atoms with van der Waals surface area (Å²) in [5.41, 5.74) is 2.17. The molecular weight excluding hydrogens is 319 g/mol. The van der Waals surface area contributed by atoms with Crippen LogP contribution in [0.4, 0.5) is 4.39 Å². The van der Waals surface area contributed by atoms with Crippen LogP contribution in [-0.2, 0) is 5.41 Å². The van der Waals surface area contributed by atoms with Crippen LogP contribution in [0.1, 0.15) is 47.1 Å². The van der Waals surface area contributed by atoms with Crippen molar-refractivity contribution in [1.82, 2.24) is 10.6 Å². The van der Waals surface area contributed by atoms with Crippen LogP contribution in [0.5, 0.6) is 0 Å².